The Labute approximate surface area is 136 Å². The Morgan fingerprint density at radius 2 is 1.90 bits per heavy atom. The molecule has 1 aromatic carbocycles. The summed E-state index contributed by atoms with van der Waals surface area (Å²) in [5.74, 6) is 0.399. The van der Waals surface area contributed by atoms with Crippen LogP contribution in [0.3, 0.4) is 0 Å². The normalized spacial score (nSPS) is 10.8. The fraction of sp³-hybridized carbons (Fsp3) is 0.200. The van der Waals surface area contributed by atoms with Gasteiger partial charge in [0.15, 0.2) is 5.96 Å². The average Bonchev–Trinajstić information content (AvgIpc) is 2.36. The molecule has 0 atom stereocenters. The van der Waals surface area contributed by atoms with Crippen LogP contribution in [0.2, 0.25) is 0 Å². The minimum Gasteiger partial charge on any atom is -0.370 e. The Kier molecular flexibility index (Phi) is 6.44. The number of nitrogens with zero attached hydrogens (tertiary/aromatic N) is 2. The highest BCUT2D eigenvalue weighted by atomic mass is 127. The fourth-order valence-electron chi connectivity index (χ4n) is 1.89. The molecule has 5 heteroatoms. The van der Waals surface area contributed by atoms with E-state index in [1.165, 1.54) is 11.1 Å². The van der Waals surface area contributed by atoms with Gasteiger partial charge in [-0.25, -0.2) is 4.99 Å². The molecular formula is C15H19IN4. The smallest absolute Gasteiger partial charge is 0.193 e. The molecule has 4 nitrogen and oxygen atoms in total. The third-order valence-corrected chi connectivity index (χ3v) is 2.63. The fourth-order valence-corrected chi connectivity index (χ4v) is 1.89. The van der Waals surface area contributed by atoms with Crippen LogP contribution >= 0.6 is 24.0 Å². The summed E-state index contributed by atoms with van der Waals surface area (Å²) in [6.45, 7) is 4.59. The number of guanidine groups is 1. The van der Waals surface area contributed by atoms with E-state index in [2.05, 4.69) is 35.2 Å². The molecule has 20 heavy (non-hydrogen) atoms. The van der Waals surface area contributed by atoms with Gasteiger partial charge in [-0.1, -0.05) is 12.1 Å². The van der Waals surface area contributed by atoms with Gasteiger partial charge in [-0.2, -0.15) is 0 Å². The van der Waals surface area contributed by atoms with Crippen LogP contribution in [0.5, 0.6) is 0 Å². The molecule has 106 valence electrons. The molecule has 1 aromatic heterocycles. The average molecular weight is 382 g/mol. The van der Waals surface area contributed by atoms with Crippen LogP contribution in [-0.2, 0) is 6.54 Å². The topological polar surface area (TPSA) is 63.3 Å². The highest BCUT2D eigenvalue weighted by Gasteiger charge is 1.98. The Morgan fingerprint density at radius 1 is 1.20 bits per heavy atom. The van der Waals surface area contributed by atoms with E-state index < -0.39 is 0 Å². The second kappa shape index (κ2) is 7.84. The number of aromatic nitrogens is 1. The quantitative estimate of drug-likeness (QED) is 0.487. The molecule has 0 saturated carbocycles. The zero-order valence-corrected chi connectivity index (χ0v) is 14.0. The SMILES string of the molecule is Cc1cc(C)cc(NC(N)=NCc2ccccn2)c1.I. The van der Waals surface area contributed by atoms with Gasteiger partial charge in [0.25, 0.3) is 0 Å². The molecule has 2 aromatic rings. The molecule has 0 bridgehead atoms. The van der Waals surface area contributed by atoms with Crippen molar-refractivity contribution in [1.29, 1.82) is 0 Å². The Morgan fingerprint density at radius 3 is 2.50 bits per heavy atom. The van der Waals surface area contributed by atoms with Crippen LogP contribution in [0.4, 0.5) is 5.69 Å². The predicted octanol–water partition coefficient (Wildman–Crippen LogP) is 3.24. The second-order valence-electron chi connectivity index (χ2n) is 4.52. The summed E-state index contributed by atoms with van der Waals surface area (Å²) in [4.78, 5) is 8.47. The van der Waals surface area contributed by atoms with Gasteiger partial charge < -0.3 is 11.1 Å². The van der Waals surface area contributed by atoms with Crippen molar-refractivity contribution in [2.75, 3.05) is 5.32 Å². The maximum absolute atomic E-state index is 5.86. The molecule has 0 saturated heterocycles. The van der Waals surface area contributed by atoms with E-state index in [-0.39, 0.29) is 24.0 Å². The number of aryl methyl sites for hydroxylation is 2. The van der Waals surface area contributed by atoms with Gasteiger partial charge in [0.1, 0.15) is 0 Å². The van der Waals surface area contributed by atoms with Crippen LogP contribution in [0.25, 0.3) is 0 Å². The molecule has 0 aliphatic heterocycles. The van der Waals surface area contributed by atoms with Gasteiger partial charge in [-0.15, -0.1) is 24.0 Å². The Balaban J connectivity index is 0.00000200. The van der Waals surface area contributed by atoms with Crippen LogP contribution < -0.4 is 11.1 Å². The van der Waals surface area contributed by atoms with Crippen LogP contribution in [0.1, 0.15) is 16.8 Å². The molecule has 0 spiro atoms. The number of aliphatic imine (C=N–C) groups is 1. The lowest BCUT2D eigenvalue weighted by atomic mass is 10.1. The monoisotopic (exact) mass is 382 g/mol. The second-order valence-corrected chi connectivity index (χ2v) is 4.52. The maximum atomic E-state index is 5.86. The standard InChI is InChI=1S/C15H18N4.HI/c1-11-7-12(2)9-14(8-11)19-15(16)18-10-13-5-3-4-6-17-13;/h3-9H,10H2,1-2H3,(H3,16,18,19);1H. The molecule has 0 aliphatic rings. The first-order chi connectivity index (χ1) is 9.13. The maximum Gasteiger partial charge on any atom is 0.193 e. The van der Waals surface area contributed by atoms with E-state index in [0.717, 1.165) is 11.4 Å². The molecular weight excluding hydrogens is 363 g/mol. The third kappa shape index (κ3) is 5.16. The third-order valence-electron chi connectivity index (χ3n) is 2.63. The van der Waals surface area contributed by atoms with E-state index in [1.54, 1.807) is 6.20 Å². The van der Waals surface area contributed by atoms with Crippen LogP contribution in [0.15, 0.2) is 47.6 Å². The summed E-state index contributed by atoms with van der Waals surface area (Å²) in [6.07, 6.45) is 1.75. The van der Waals surface area contributed by atoms with Crippen molar-refractivity contribution in [3.05, 3.63) is 59.4 Å². The van der Waals surface area contributed by atoms with Gasteiger partial charge in [0, 0.05) is 11.9 Å². The lowest BCUT2D eigenvalue weighted by Crippen LogP contribution is -2.22. The number of anilines is 1. The minimum absolute atomic E-state index is 0. The number of hydrogen-bond donors (Lipinski definition) is 2. The lowest BCUT2D eigenvalue weighted by molar-refractivity contribution is 0.985. The van der Waals surface area contributed by atoms with Crippen LogP contribution in [0, 0.1) is 13.8 Å². The summed E-state index contributed by atoms with van der Waals surface area (Å²) in [5.41, 5.74) is 10.1. The number of nitrogens with one attached hydrogen (secondary N) is 1. The molecule has 2 rings (SSSR count). The van der Waals surface area contributed by atoms with Gasteiger partial charge in [-0.05, 0) is 49.2 Å². The summed E-state index contributed by atoms with van der Waals surface area (Å²) in [7, 11) is 0. The van der Waals surface area contributed by atoms with E-state index in [4.69, 9.17) is 5.73 Å². The van der Waals surface area contributed by atoms with E-state index in [9.17, 15) is 0 Å². The first-order valence-electron chi connectivity index (χ1n) is 6.18. The molecule has 0 amide bonds. The zero-order valence-electron chi connectivity index (χ0n) is 11.6. The molecule has 0 radical (unpaired) electrons. The first-order valence-corrected chi connectivity index (χ1v) is 6.18. The van der Waals surface area contributed by atoms with Crippen molar-refractivity contribution < 1.29 is 0 Å². The van der Waals surface area contributed by atoms with Crippen molar-refractivity contribution >= 4 is 35.6 Å². The molecule has 0 unspecified atom stereocenters. The van der Waals surface area contributed by atoms with Crippen molar-refractivity contribution in [2.24, 2.45) is 10.7 Å². The number of halogens is 1. The largest absolute Gasteiger partial charge is 0.370 e. The number of pyridine rings is 1. The van der Waals surface area contributed by atoms with Gasteiger partial charge >= 0.3 is 0 Å². The van der Waals surface area contributed by atoms with Crippen molar-refractivity contribution in [2.45, 2.75) is 20.4 Å². The van der Waals surface area contributed by atoms with Gasteiger partial charge in [-0.3, -0.25) is 4.98 Å². The summed E-state index contributed by atoms with van der Waals surface area (Å²) >= 11 is 0. The van der Waals surface area contributed by atoms with E-state index in [1.807, 2.05) is 30.3 Å². The molecule has 1 heterocycles. The lowest BCUT2D eigenvalue weighted by Gasteiger charge is -2.07. The highest BCUT2D eigenvalue weighted by Crippen LogP contribution is 2.13. The summed E-state index contributed by atoms with van der Waals surface area (Å²) in [6, 6.07) is 11.9. The minimum atomic E-state index is 0. The molecule has 0 aliphatic carbocycles. The number of rotatable bonds is 3. The van der Waals surface area contributed by atoms with E-state index in [0.29, 0.717) is 12.5 Å². The van der Waals surface area contributed by atoms with Crippen LogP contribution in [-0.4, -0.2) is 10.9 Å². The highest BCUT2D eigenvalue weighted by molar-refractivity contribution is 14.0. The van der Waals surface area contributed by atoms with Crippen molar-refractivity contribution in [3.8, 4) is 0 Å². The van der Waals surface area contributed by atoms with Crippen molar-refractivity contribution in [1.82, 2.24) is 4.98 Å². The van der Waals surface area contributed by atoms with E-state index >= 15 is 0 Å². The van der Waals surface area contributed by atoms with Gasteiger partial charge in [0.2, 0.25) is 0 Å². The number of hydrogen-bond acceptors (Lipinski definition) is 2. The number of nitrogens with two attached hydrogens (primary N) is 1. The molecule has 0 fully saturated rings. The number of benzene rings is 1. The van der Waals surface area contributed by atoms with Crippen molar-refractivity contribution in [3.63, 3.8) is 0 Å². The summed E-state index contributed by atoms with van der Waals surface area (Å²) < 4.78 is 0. The molecule has 3 N–H and O–H groups in total. The Hall–Kier alpha value is -1.63. The zero-order chi connectivity index (χ0) is 13.7. The predicted molar refractivity (Wildman–Crippen MR) is 94.5 cm³/mol. The first kappa shape index (κ1) is 16.4. The summed E-state index contributed by atoms with van der Waals surface area (Å²) in [5, 5.41) is 3.09. The Bertz CT molecular complexity index is 561. The van der Waals surface area contributed by atoms with Gasteiger partial charge in [0.05, 0.1) is 12.2 Å².